The second-order valence-corrected chi connectivity index (χ2v) is 8.77. The van der Waals surface area contributed by atoms with Crippen LogP contribution >= 0.6 is 0 Å². The lowest BCUT2D eigenvalue weighted by Gasteiger charge is -2.34. The lowest BCUT2D eigenvalue weighted by Crippen LogP contribution is -2.51. The summed E-state index contributed by atoms with van der Waals surface area (Å²) in [6.45, 7) is 0.0492. The molecule has 1 saturated heterocycles. The zero-order chi connectivity index (χ0) is 21.5. The number of ether oxygens (including phenoxy) is 1. The Morgan fingerprint density at radius 1 is 0.933 bits per heavy atom. The number of carbonyl (C=O) groups excluding carboxylic acids is 1. The van der Waals surface area contributed by atoms with Crippen LogP contribution < -0.4 is 4.74 Å². The number of halogens is 3. The van der Waals surface area contributed by atoms with Crippen LogP contribution in [-0.4, -0.2) is 56.3 Å². The highest BCUT2D eigenvalue weighted by Gasteiger charge is 2.34. The summed E-state index contributed by atoms with van der Waals surface area (Å²) in [4.78, 5) is 13.3. The fourth-order valence-corrected chi connectivity index (χ4v) is 4.90. The molecule has 0 bridgehead atoms. The third kappa shape index (κ3) is 3.56. The molecule has 0 aromatic heterocycles. The van der Waals surface area contributed by atoms with Crippen molar-refractivity contribution in [2.45, 2.75) is 4.90 Å². The van der Waals surface area contributed by atoms with Crippen molar-refractivity contribution in [3.8, 4) is 5.75 Å². The number of para-hydroxylation sites is 1. The van der Waals surface area contributed by atoms with E-state index in [9.17, 15) is 26.4 Å². The summed E-state index contributed by atoms with van der Waals surface area (Å²) in [5.74, 6) is -4.66. The van der Waals surface area contributed by atoms with Gasteiger partial charge in [0.25, 0.3) is 5.91 Å². The third-order valence-electron chi connectivity index (χ3n) is 5.05. The molecule has 2 aliphatic heterocycles. The standard InChI is InChI=1S/C20H17F3N2O4S/c21-15-5-6-17(19(23)18(15)22)30(27,28)25-9-7-24(8-10-25)20(26)14-11-13-3-1-2-4-16(13)29-12-14/h1-6,11H,7-10,12H2. The first-order chi connectivity index (χ1) is 14.3. The van der Waals surface area contributed by atoms with Crippen molar-refractivity contribution in [3.05, 3.63) is 65.0 Å². The molecule has 0 spiro atoms. The van der Waals surface area contributed by atoms with E-state index in [1.165, 1.54) is 4.90 Å². The number of hydrogen-bond acceptors (Lipinski definition) is 4. The molecule has 6 nitrogen and oxygen atoms in total. The maximum atomic E-state index is 14.0. The molecule has 2 aliphatic rings. The monoisotopic (exact) mass is 438 g/mol. The lowest BCUT2D eigenvalue weighted by atomic mass is 10.1. The Morgan fingerprint density at radius 3 is 2.37 bits per heavy atom. The Labute approximate surface area is 171 Å². The molecule has 30 heavy (non-hydrogen) atoms. The number of nitrogens with zero attached hydrogens (tertiary/aromatic N) is 2. The Kier molecular flexibility index (Phi) is 5.29. The molecule has 0 atom stereocenters. The minimum atomic E-state index is -4.37. The van der Waals surface area contributed by atoms with Gasteiger partial charge in [-0.15, -0.1) is 0 Å². The Morgan fingerprint density at radius 2 is 1.63 bits per heavy atom. The summed E-state index contributed by atoms with van der Waals surface area (Å²) in [6.07, 6.45) is 1.74. The smallest absolute Gasteiger partial charge is 0.253 e. The average Bonchev–Trinajstić information content (AvgIpc) is 2.76. The predicted octanol–water partition coefficient (Wildman–Crippen LogP) is 2.41. The van der Waals surface area contributed by atoms with Gasteiger partial charge < -0.3 is 9.64 Å². The van der Waals surface area contributed by atoms with Gasteiger partial charge in [-0.25, -0.2) is 21.6 Å². The number of piperazine rings is 1. The molecular weight excluding hydrogens is 421 g/mol. The van der Waals surface area contributed by atoms with Crippen LogP contribution in [0.2, 0.25) is 0 Å². The van der Waals surface area contributed by atoms with Crippen molar-refractivity contribution in [1.82, 2.24) is 9.21 Å². The van der Waals surface area contributed by atoms with E-state index in [1.54, 1.807) is 12.1 Å². The first-order valence-electron chi connectivity index (χ1n) is 9.14. The highest BCUT2D eigenvalue weighted by molar-refractivity contribution is 7.89. The molecule has 1 amide bonds. The highest BCUT2D eigenvalue weighted by atomic mass is 32.2. The number of hydrogen-bond donors (Lipinski definition) is 0. The summed E-state index contributed by atoms with van der Waals surface area (Å²) in [6, 6.07) is 8.54. The predicted molar refractivity (Wildman–Crippen MR) is 102 cm³/mol. The molecule has 158 valence electrons. The second-order valence-electron chi connectivity index (χ2n) is 6.87. The van der Waals surface area contributed by atoms with Crippen molar-refractivity contribution in [1.29, 1.82) is 0 Å². The number of carbonyl (C=O) groups is 1. The van der Waals surface area contributed by atoms with Gasteiger partial charge in [0, 0.05) is 31.7 Å². The van der Waals surface area contributed by atoms with E-state index in [0.29, 0.717) is 23.5 Å². The zero-order valence-electron chi connectivity index (χ0n) is 15.6. The summed E-state index contributed by atoms with van der Waals surface area (Å²) < 4.78 is 72.4. The van der Waals surface area contributed by atoms with E-state index in [1.807, 2.05) is 18.2 Å². The van der Waals surface area contributed by atoms with E-state index < -0.39 is 32.4 Å². The van der Waals surface area contributed by atoms with Gasteiger partial charge in [0.2, 0.25) is 10.0 Å². The minimum Gasteiger partial charge on any atom is -0.488 e. The van der Waals surface area contributed by atoms with Gasteiger partial charge in [-0.2, -0.15) is 4.31 Å². The molecule has 10 heteroatoms. The highest BCUT2D eigenvalue weighted by Crippen LogP contribution is 2.27. The van der Waals surface area contributed by atoms with Crippen molar-refractivity contribution < 1.29 is 31.1 Å². The molecular formula is C20H17F3N2O4S. The van der Waals surface area contributed by atoms with Crippen LogP contribution in [0.25, 0.3) is 6.08 Å². The molecule has 2 aromatic carbocycles. The molecule has 4 rings (SSSR count). The van der Waals surface area contributed by atoms with Gasteiger partial charge in [-0.1, -0.05) is 18.2 Å². The van der Waals surface area contributed by atoms with Gasteiger partial charge in [-0.05, 0) is 24.3 Å². The topological polar surface area (TPSA) is 66.9 Å². The van der Waals surface area contributed by atoms with Crippen LogP contribution in [0.4, 0.5) is 13.2 Å². The van der Waals surface area contributed by atoms with Crippen molar-refractivity contribution in [2.75, 3.05) is 32.8 Å². The van der Waals surface area contributed by atoms with E-state index >= 15 is 0 Å². The van der Waals surface area contributed by atoms with E-state index in [2.05, 4.69) is 0 Å². The maximum absolute atomic E-state index is 14.0. The van der Waals surface area contributed by atoms with Gasteiger partial charge in [-0.3, -0.25) is 4.79 Å². The average molecular weight is 438 g/mol. The minimum absolute atomic E-state index is 0.0718. The fourth-order valence-electron chi connectivity index (χ4n) is 3.42. The summed E-state index contributed by atoms with van der Waals surface area (Å²) in [5, 5.41) is 0. The number of rotatable bonds is 3. The van der Waals surface area contributed by atoms with Crippen molar-refractivity contribution >= 4 is 22.0 Å². The normalized spacial score (nSPS) is 17.2. The van der Waals surface area contributed by atoms with Gasteiger partial charge in [0.15, 0.2) is 17.5 Å². The van der Waals surface area contributed by atoms with Crippen molar-refractivity contribution in [2.24, 2.45) is 0 Å². The quantitative estimate of drug-likeness (QED) is 0.691. The Bertz CT molecular complexity index is 1140. The molecule has 0 aliphatic carbocycles. The molecule has 0 radical (unpaired) electrons. The van der Waals surface area contributed by atoms with E-state index in [4.69, 9.17) is 4.74 Å². The number of fused-ring (bicyclic) bond motifs is 1. The number of benzene rings is 2. The van der Waals surface area contributed by atoms with Gasteiger partial charge in [0.05, 0.1) is 5.57 Å². The summed E-state index contributed by atoms with van der Waals surface area (Å²) in [7, 11) is -4.37. The van der Waals surface area contributed by atoms with Crippen LogP contribution in [0.3, 0.4) is 0 Å². The van der Waals surface area contributed by atoms with E-state index in [0.717, 1.165) is 9.87 Å². The van der Waals surface area contributed by atoms with Crippen LogP contribution in [0.15, 0.2) is 46.9 Å². The molecule has 0 saturated carbocycles. The summed E-state index contributed by atoms with van der Waals surface area (Å²) >= 11 is 0. The van der Waals surface area contributed by atoms with Crippen LogP contribution in [0.1, 0.15) is 5.56 Å². The third-order valence-corrected chi connectivity index (χ3v) is 6.97. The molecule has 0 unspecified atom stereocenters. The number of amides is 1. The second kappa shape index (κ2) is 7.77. The van der Waals surface area contributed by atoms with E-state index in [-0.39, 0.29) is 38.7 Å². The SMILES string of the molecule is O=C(C1=Cc2ccccc2OC1)N1CCN(S(=O)(=O)c2ccc(F)c(F)c2F)CC1. The molecule has 2 aromatic rings. The molecule has 2 heterocycles. The first-order valence-corrected chi connectivity index (χ1v) is 10.6. The van der Waals surface area contributed by atoms with Crippen molar-refractivity contribution in [3.63, 3.8) is 0 Å². The fraction of sp³-hybridized carbons (Fsp3) is 0.250. The maximum Gasteiger partial charge on any atom is 0.253 e. The van der Waals surface area contributed by atoms with Crippen LogP contribution in [0, 0.1) is 17.5 Å². The van der Waals surface area contributed by atoms with Gasteiger partial charge in [0.1, 0.15) is 17.3 Å². The Balaban J connectivity index is 1.47. The molecule has 1 fully saturated rings. The van der Waals surface area contributed by atoms with Crippen LogP contribution in [0.5, 0.6) is 5.75 Å². The largest absolute Gasteiger partial charge is 0.488 e. The first kappa shape index (κ1) is 20.4. The zero-order valence-corrected chi connectivity index (χ0v) is 16.5. The number of sulfonamides is 1. The van der Waals surface area contributed by atoms with Gasteiger partial charge >= 0.3 is 0 Å². The van der Waals surface area contributed by atoms with Crippen LogP contribution in [-0.2, 0) is 14.8 Å². The molecule has 0 N–H and O–H groups in total. The lowest BCUT2D eigenvalue weighted by molar-refractivity contribution is -0.128. The Hall–Kier alpha value is -2.85. The summed E-state index contributed by atoms with van der Waals surface area (Å²) in [5.41, 5.74) is 1.22.